The standard InChI is InChI=1S/C28H26F2N6O3.H2/c1-3-27(30)9-12-34(16-27)28(18-39-28)17-35-15-19(25(33-35)21-13-20(29)6-8-24(21)38-2)5-7-23(37)22-14-32-36-11-4-10-31-26(22)36;/h4,6,8,10-11,13-15H,3,9,12,16-18H2,1-2H3;1H. The average molecular weight is 535 g/mol. The van der Waals surface area contributed by atoms with Gasteiger partial charge in [0.15, 0.2) is 11.4 Å². The Labute approximate surface area is 224 Å². The van der Waals surface area contributed by atoms with E-state index >= 15 is 0 Å². The zero-order valence-corrected chi connectivity index (χ0v) is 21.5. The molecule has 2 unspecified atom stereocenters. The molecule has 3 aromatic heterocycles. The number of Topliss-reactive ketones (excluding diaryl/α,β-unsaturated/α-hetero) is 1. The summed E-state index contributed by atoms with van der Waals surface area (Å²) in [6, 6.07) is 5.83. The first-order chi connectivity index (χ1) is 18.8. The van der Waals surface area contributed by atoms with Gasteiger partial charge in [0.25, 0.3) is 0 Å². The fourth-order valence-corrected chi connectivity index (χ4v) is 5.02. The molecule has 0 saturated carbocycles. The van der Waals surface area contributed by atoms with Gasteiger partial charge in [-0.05, 0) is 43.0 Å². The molecule has 0 radical (unpaired) electrons. The predicted molar refractivity (Wildman–Crippen MR) is 139 cm³/mol. The van der Waals surface area contributed by atoms with Crippen LogP contribution in [0.3, 0.4) is 0 Å². The van der Waals surface area contributed by atoms with Crippen molar-refractivity contribution in [1.82, 2.24) is 29.3 Å². The molecule has 0 bridgehead atoms. The molecule has 5 heterocycles. The van der Waals surface area contributed by atoms with Crippen LogP contribution in [0.1, 0.15) is 37.1 Å². The molecular weight excluding hydrogens is 506 g/mol. The van der Waals surface area contributed by atoms with Gasteiger partial charge in [-0.25, -0.2) is 18.3 Å². The zero-order valence-electron chi connectivity index (χ0n) is 21.5. The molecule has 2 aliphatic rings. The van der Waals surface area contributed by atoms with Crippen LogP contribution < -0.4 is 4.74 Å². The molecule has 202 valence electrons. The summed E-state index contributed by atoms with van der Waals surface area (Å²) in [6.07, 6.45) is 7.27. The lowest BCUT2D eigenvalue weighted by molar-refractivity contribution is 0.0591. The van der Waals surface area contributed by atoms with Crippen molar-refractivity contribution < 1.29 is 24.5 Å². The number of epoxide rings is 1. The number of methoxy groups -OCH3 is 1. The molecule has 1 aromatic carbocycles. The highest BCUT2D eigenvalue weighted by atomic mass is 19.1. The molecule has 2 atom stereocenters. The lowest BCUT2D eigenvalue weighted by Gasteiger charge is -2.25. The number of ketones is 1. The van der Waals surface area contributed by atoms with Gasteiger partial charge >= 0.3 is 0 Å². The van der Waals surface area contributed by atoms with Gasteiger partial charge in [0.05, 0.1) is 37.6 Å². The Kier molecular flexibility index (Phi) is 6.16. The lowest BCUT2D eigenvalue weighted by atomic mass is 10.0. The van der Waals surface area contributed by atoms with Crippen LogP contribution in [0.25, 0.3) is 16.9 Å². The summed E-state index contributed by atoms with van der Waals surface area (Å²) in [5, 5.41) is 8.84. The monoisotopic (exact) mass is 534 g/mol. The second-order valence-corrected chi connectivity index (χ2v) is 9.87. The van der Waals surface area contributed by atoms with Crippen LogP contribution in [0.5, 0.6) is 5.75 Å². The molecule has 39 heavy (non-hydrogen) atoms. The molecule has 2 fully saturated rings. The first kappa shape index (κ1) is 25.2. The lowest BCUT2D eigenvalue weighted by Crippen LogP contribution is -2.42. The summed E-state index contributed by atoms with van der Waals surface area (Å²) in [4.78, 5) is 19.2. The highest BCUT2D eigenvalue weighted by Gasteiger charge is 2.55. The van der Waals surface area contributed by atoms with Crippen molar-refractivity contribution in [1.29, 1.82) is 0 Å². The molecular formula is C28H28F2N6O3. The van der Waals surface area contributed by atoms with Crippen LogP contribution in [-0.2, 0) is 11.3 Å². The summed E-state index contributed by atoms with van der Waals surface area (Å²) in [6.45, 7) is 3.51. The third-order valence-corrected chi connectivity index (χ3v) is 7.41. The predicted octanol–water partition coefficient (Wildman–Crippen LogP) is 3.77. The third-order valence-electron chi connectivity index (χ3n) is 7.41. The van der Waals surface area contributed by atoms with Gasteiger partial charge in [0, 0.05) is 38.7 Å². The Balaban J connectivity index is 0.00000323. The molecule has 6 rings (SSSR count). The molecule has 0 amide bonds. The van der Waals surface area contributed by atoms with Gasteiger partial charge in [0.2, 0.25) is 5.78 Å². The van der Waals surface area contributed by atoms with E-state index in [0.717, 1.165) is 0 Å². The Morgan fingerprint density at radius 3 is 2.95 bits per heavy atom. The SMILES string of the molecule is CCC1(F)CCN(C2(Cn3cc(C#CC(=O)c4cnn5cccnc45)c(-c4cc(F)ccc4OC)n3)CO2)C1.[HH]. The maximum atomic E-state index is 15.0. The summed E-state index contributed by atoms with van der Waals surface area (Å²) in [7, 11) is 1.48. The first-order valence-corrected chi connectivity index (χ1v) is 12.7. The molecule has 0 spiro atoms. The number of aromatic nitrogens is 5. The van der Waals surface area contributed by atoms with E-state index in [9.17, 15) is 13.6 Å². The molecule has 0 N–H and O–H groups in total. The van der Waals surface area contributed by atoms with Crippen LogP contribution in [0.15, 0.2) is 49.1 Å². The van der Waals surface area contributed by atoms with Crippen molar-refractivity contribution in [3.8, 4) is 28.8 Å². The molecule has 2 aliphatic heterocycles. The van der Waals surface area contributed by atoms with E-state index in [-0.39, 0.29) is 6.99 Å². The van der Waals surface area contributed by atoms with E-state index in [0.29, 0.717) is 67.3 Å². The van der Waals surface area contributed by atoms with E-state index in [1.807, 2.05) is 11.8 Å². The number of likely N-dealkylation sites (tertiary alicyclic amines) is 1. The summed E-state index contributed by atoms with van der Waals surface area (Å²) < 4.78 is 43.7. The average Bonchev–Trinajstić information content (AvgIpc) is 3.26. The summed E-state index contributed by atoms with van der Waals surface area (Å²) in [5.74, 6) is 5.05. The van der Waals surface area contributed by atoms with Gasteiger partial charge in [0.1, 0.15) is 22.9 Å². The van der Waals surface area contributed by atoms with Crippen molar-refractivity contribution in [3.05, 3.63) is 66.0 Å². The highest BCUT2D eigenvalue weighted by molar-refractivity contribution is 6.12. The van der Waals surface area contributed by atoms with E-state index in [1.165, 1.54) is 36.0 Å². The number of benzene rings is 1. The van der Waals surface area contributed by atoms with Crippen molar-refractivity contribution in [2.24, 2.45) is 0 Å². The number of halogens is 2. The zero-order chi connectivity index (χ0) is 27.2. The molecule has 4 aromatic rings. The minimum atomic E-state index is -1.23. The van der Waals surface area contributed by atoms with E-state index in [1.54, 1.807) is 29.3 Å². The minimum absolute atomic E-state index is 0. The van der Waals surface area contributed by atoms with Crippen molar-refractivity contribution in [2.45, 2.75) is 37.7 Å². The van der Waals surface area contributed by atoms with Crippen molar-refractivity contribution in [2.75, 3.05) is 26.8 Å². The maximum absolute atomic E-state index is 15.0. The number of ether oxygens (including phenoxy) is 2. The number of hydrogen-bond donors (Lipinski definition) is 0. The van der Waals surface area contributed by atoms with E-state index < -0.39 is 23.0 Å². The quantitative estimate of drug-likeness (QED) is 0.203. The number of carbonyl (C=O) groups is 1. The van der Waals surface area contributed by atoms with E-state index in [2.05, 4.69) is 21.9 Å². The number of carbonyl (C=O) groups excluding carboxylic acids is 1. The van der Waals surface area contributed by atoms with E-state index in [4.69, 9.17) is 14.6 Å². The maximum Gasteiger partial charge on any atom is 0.241 e. The molecule has 9 nitrogen and oxygen atoms in total. The van der Waals surface area contributed by atoms with Gasteiger partial charge in [-0.3, -0.25) is 14.4 Å². The highest BCUT2D eigenvalue weighted by Crippen LogP contribution is 2.41. The number of fused-ring (bicyclic) bond motifs is 1. The number of rotatable bonds is 7. The second-order valence-electron chi connectivity index (χ2n) is 9.87. The van der Waals surface area contributed by atoms with Gasteiger partial charge in [-0.2, -0.15) is 10.2 Å². The van der Waals surface area contributed by atoms with Gasteiger partial charge in [-0.15, -0.1) is 0 Å². The normalized spacial score (nSPS) is 22.6. The summed E-state index contributed by atoms with van der Waals surface area (Å²) in [5.41, 5.74) is -0.0717. The fourth-order valence-electron chi connectivity index (χ4n) is 5.02. The Bertz CT molecular complexity index is 1640. The summed E-state index contributed by atoms with van der Waals surface area (Å²) >= 11 is 0. The fraction of sp³-hybridized carbons (Fsp3) is 0.357. The van der Waals surface area contributed by atoms with Gasteiger partial charge in [-0.1, -0.05) is 12.8 Å². The number of hydrogen-bond acceptors (Lipinski definition) is 7. The van der Waals surface area contributed by atoms with Gasteiger partial charge < -0.3 is 9.47 Å². The smallest absolute Gasteiger partial charge is 0.241 e. The van der Waals surface area contributed by atoms with Crippen molar-refractivity contribution in [3.63, 3.8) is 0 Å². The topological polar surface area (TPSA) is 90.1 Å². The van der Waals surface area contributed by atoms with Crippen LogP contribution in [-0.4, -0.2) is 73.3 Å². The first-order valence-electron chi connectivity index (χ1n) is 12.7. The minimum Gasteiger partial charge on any atom is -0.496 e. The largest absolute Gasteiger partial charge is 0.496 e. The number of alkyl halides is 1. The Morgan fingerprint density at radius 1 is 1.36 bits per heavy atom. The van der Waals surface area contributed by atoms with Crippen LogP contribution in [0.2, 0.25) is 0 Å². The van der Waals surface area contributed by atoms with Crippen LogP contribution in [0.4, 0.5) is 8.78 Å². The van der Waals surface area contributed by atoms with Crippen LogP contribution in [0, 0.1) is 17.7 Å². The third kappa shape index (κ3) is 4.66. The Hall–Kier alpha value is -4.14. The molecule has 0 aliphatic carbocycles. The van der Waals surface area contributed by atoms with Crippen molar-refractivity contribution >= 4 is 11.4 Å². The number of nitrogens with zero attached hydrogens (tertiary/aromatic N) is 6. The molecule has 2 saturated heterocycles. The van der Waals surface area contributed by atoms with Crippen LogP contribution >= 0.6 is 0 Å². The Morgan fingerprint density at radius 2 is 2.21 bits per heavy atom. The molecule has 11 heteroatoms. The second kappa shape index (κ2) is 9.55.